The third-order valence-electron chi connectivity index (χ3n) is 2.11. The molecule has 1 aromatic heterocycles. The summed E-state index contributed by atoms with van der Waals surface area (Å²) in [5.41, 5.74) is 0. The van der Waals surface area contributed by atoms with Gasteiger partial charge in [0, 0.05) is 13.2 Å². The number of amides is 2. The Kier molecular flexibility index (Phi) is 6.45. The molecule has 3 N–H and O–H groups in total. The van der Waals surface area contributed by atoms with Crippen molar-refractivity contribution in [1.29, 1.82) is 0 Å². The molecule has 0 fully saturated rings. The van der Waals surface area contributed by atoms with Crippen LogP contribution in [0.4, 0.5) is 0 Å². The molecule has 2 amide bonds. The van der Waals surface area contributed by atoms with Crippen LogP contribution in [0.15, 0.2) is 21.2 Å². The molecule has 0 radical (unpaired) electrons. The number of aliphatic hydroxyl groups excluding tert-OH is 1. The fourth-order valence-electron chi connectivity index (χ4n) is 1.21. The Morgan fingerprint density at radius 1 is 1.28 bits per heavy atom. The average Bonchev–Trinajstić information content (AvgIpc) is 2.78. The smallest absolute Gasteiger partial charge is 0.287 e. The molecule has 6 nitrogen and oxygen atoms in total. The third kappa shape index (κ3) is 5.33. The highest BCUT2D eigenvalue weighted by Gasteiger charge is 2.11. The number of halogens is 1. The summed E-state index contributed by atoms with van der Waals surface area (Å²) in [6.07, 6.45) is 1.36. The molecule has 0 saturated heterocycles. The van der Waals surface area contributed by atoms with E-state index in [0.717, 1.165) is 0 Å². The van der Waals surface area contributed by atoms with Crippen LogP contribution < -0.4 is 10.6 Å². The van der Waals surface area contributed by atoms with Gasteiger partial charge in [0.25, 0.3) is 5.91 Å². The molecule has 1 rings (SSSR count). The molecule has 7 heteroatoms. The Bertz CT molecular complexity index is 406. The molecule has 100 valence electrons. The number of nitrogens with one attached hydrogen (secondary N) is 2. The van der Waals surface area contributed by atoms with Crippen molar-refractivity contribution in [1.82, 2.24) is 10.6 Å². The Morgan fingerprint density at radius 3 is 2.67 bits per heavy atom. The highest BCUT2D eigenvalue weighted by Crippen LogP contribution is 2.13. The van der Waals surface area contributed by atoms with Gasteiger partial charge in [-0.2, -0.15) is 0 Å². The topological polar surface area (TPSA) is 91.6 Å². The van der Waals surface area contributed by atoms with Crippen molar-refractivity contribution >= 4 is 27.7 Å². The van der Waals surface area contributed by atoms with Gasteiger partial charge in [0.1, 0.15) is 0 Å². The summed E-state index contributed by atoms with van der Waals surface area (Å²) < 4.78 is 5.50. The molecule has 0 aliphatic rings. The van der Waals surface area contributed by atoms with Crippen molar-refractivity contribution in [2.45, 2.75) is 12.8 Å². The van der Waals surface area contributed by atoms with E-state index in [-0.39, 0.29) is 24.8 Å². The van der Waals surface area contributed by atoms with Gasteiger partial charge in [-0.25, -0.2) is 0 Å². The molecular weight excluding hydrogens is 304 g/mol. The van der Waals surface area contributed by atoms with Crippen LogP contribution >= 0.6 is 15.9 Å². The monoisotopic (exact) mass is 318 g/mol. The molecule has 0 spiro atoms. The minimum absolute atomic E-state index is 0.101. The molecule has 0 aromatic carbocycles. The number of carbonyl (C=O) groups excluding carboxylic acids is 2. The maximum atomic E-state index is 11.5. The Balaban J connectivity index is 2.20. The summed E-state index contributed by atoms with van der Waals surface area (Å²) in [7, 11) is 0. The van der Waals surface area contributed by atoms with Gasteiger partial charge in [0.15, 0.2) is 10.4 Å². The summed E-state index contributed by atoms with van der Waals surface area (Å²) in [5, 5.41) is 13.6. The predicted octanol–water partition coefficient (Wildman–Crippen LogP) is 0.661. The van der Waals surface area contributed by atoms with Crippen molar-refractivity contribution < 1.29 is 19.1 Å². The van der Waals surface area contributed by atoms with Crippen LogP contribution in [0, 0.1) is 0 Å². The standard InChI is InChI=1S/C11H15BrN2O4/c12-9-4-3-8(18-9)11(17)14-7-10(16)13-5-1-2-6-15/h3-4,15H,1-2,5-7H2,(H,13,16)(H,14,17). The van der Waals surface area contributed by atoms with E-state index in [1.165, 1.54) is 6.07 Å². The van der Waals surface area contributed by atoms with Crippen molar-refractivity contribution in [3.05, 3.63) is 22.6 Å². The largest absolute Gasteiger partial charge is 0.444 e. The summed E-state index contributed by atoms with van der Waals surface area (Å²) in [4.78, 5) is 22.8. The SMILES string of the molecule is O=C(CNC(=O)c1ccc(Br)o1)NCCCCO. The van der Waals surface area contributed by atoms with E-state index in [0.29, 0.717) is 24.1 Å². The zero-order chi connectivity index (χ0) is 13.4. The van der Waals surface area contributed by atoms with Crippen LogP contribution in [-0.4, -0.2) is 36.6 Å². The first-order chi connectivity index (χ1) is 8.63. The molecule has 18 heavy (non-hydrogen) atoms. The number of unbranched alkanes of at least 4 members (excludes halogenated alkanes) is 1. The van der Waals surface area contributed by atoms with Crippen molar-refractivity contribution in [3.8, 4) is 0 Å². The highest BCUT2D eigenvalue weighted by atomic mass is 79.9. The van der Waals surface area contributed by atoms with E-state index in [1.807, 2.05) is 0 Å². The first-order valence-corrected chi connectivity index (χ1v) is 6.34. The van der Waals surface area contributed by atoms with E-state index in [1.54, 1.807) is 6.07 Å². The van der Waals surface area contributed by atoms with Gasteiger partial charge in [-0.15, -0.1) is 0 Å². The van der Waals surface area contributed by atoms with E-state index >= 15 is 0 Å². The molecule has 1 heterocycles. The molecule has 0 bridgehead atoms. The van der Waals surface area contributed by atoms with Crippen LogP contribution in [0.5, 0.6) is 0 Å². The van der Waals surface area contributed by atoms with Crippen molar-refractivity contribution in [2.75, 3.05) is 19.7 Å². The highest BCUT2D eigenvalue weighted by molar-refractivity contribution is 9.10. The molecule has 0 atom stereocenters. The van der Waals surface area contributed by atoms with Crippen LogP contribution in [0.2, 0.25) is 0 Å². The summed E-state index contributed by atoms with van der Waals surface area (Å²) in [5.74, 6) is -0.562. The van der Waals surface area contributed by atoms with E-state index < -0.39 is 5.91 Å². The molecular formula is C11H15BrN2O4. The molecule has 0 saturated carbocycles. The number of hydrogen-bond donors (Lipinski definition) is 3. The van der Waals surface area contributed by atoms with Gasteiger partial charge in [0.05, 0.1) is 6.54 Å². The number of hydrogen-bond acceptors (Lipinski definition) is 4. The Morgan fingerprint density at radius 2 is 2.06 bits per heavy atom. The fourth-order valence-corrected chi connectivity index (χ4v) is 1.52. The summed E-state index contributed by atoms with van der Waals surface area (Å²) in [6, 6.07) is 3.11. The number of carbonyl (C=O) groups is 2. The maximum Gasteiger partial charge on any atom is 0.287 e. The average molecular weight is 319 g/mol. The van der Waals surface area contributed by atoms with Gasteiger partial charge in [0.2, 0.25) is 5.91 Å². The van der Waals surface area contributed by atoms with Crippen molar-refractivity contribution in [3.63, 3.8) is 0 Å². The molecule has 1 aromatic rings. The minimum Gasteiger partial charge on any atom is -0.444 e. The predicted molar refractivity (Wildman–Crippen MR) is 68.1 cm³/mol. The van der Waals surface area contributed by atoms with Crippen molar-refractivity contribution in [2.24, 2.45) is 0 Å². The van der Waals surface area contributed by atoms with Crippen LogP contribution in [0.1, 0.15) is 23.4 Å². The van der Waals surface area contributed by atoms with Gasteiger partial charge in [-0.1, -0.05) is 0 Å². The van der Waals surface area contributed by atoms with Crippen LogP contribution in [0.3, 0.4) is 0 Å². The molecule has 0 aliphatic heterocycles. The van der Waals surface area contributed by atoms with Crippen LogP contribution in [-0.2, 0) is 4.79 Å². The second-order valence-corrected chi connectivity index (χ2v) is 4.35. The van der Waals surface area contributed by atoms with E-state index in [2.05, 4.69) is 26.6 Å². The lowest BCUT2D eigenvalue weighted by molar-refractivity contribution is -0.120. The Hall–Kier alpha value is -1.34. The lowest BCUT2D eigenvalue weighted by Crippen LogP contribution is -2.37. The van der Waals surface area contributed by atoms with E-state index in [9.17, 15) is 9.59 Å². The second kappa shape index (κ2) is 7.88. The normalized spacial score (nSPS) is 10.1. The Labute approximate surface area is 113 Å². The van der Waals surface area contributed by atoms with Gasteiger partial charge in [-0.05, 0) is 40.9 Å². The summed E-state index contributed by atoms with van der Waals surface area (Å²) in [6.45, 7) is 0.498. The third-order valence-corrected chi connectivity index (χ3v) is 2.54. The summed E-state index contributed by atoms with van der Waals surface area (Å²) >= 11 is 3.08. The van der Waals surface area contributed by atoms with Gasteiger partial charge in [-0.3, -0.25) is 9.59 Å². The van der Waals surface area contributed by atoms with Gasteiger partial charge < -0.3 is 20.2 Å². The zero-order valence-corrected chi connectivity index (χ0v) is 11.3. The molecule has 0 unspecified atom stereocenters. The maximum absolute atomic E-state index is 11.5. The number of rotatable bonds is 7. The van der Waals surface area contributed by atoms with E-state index in [4.69, 9.17) is 9.52 Å². The van der Waals surface area contributed by atoms with Gasteiger partial charge >= 0.3 is 0 Å². The minimum atomic E-state index is -0.439. The fraction of sp³-hybridized carbons (Fsp3) is 0.455. The molecule has 0 aliphatic carbocycles. The zero-order valence-electron chi connectivity index (χ0n) is 9.74. The first-order valence-electron chi connectivity index (χ1n) is 5.54. The lowest BCUT2D eigenvalue weighted by Gasteiger charge is -2.05. The quantitative estimate of drug-likeness (QED) is 0.644. The first kappa shape index (κ1) is 14.7. The number of aliphatic hydroxyl groups is 1. The number of furan rings is 1. The van der Waals surface area contributed by atoms with Crippen LogP contribution in [0.25, 0.3) is 0 Å². The lowest BCUT2D eigenvalue weighted by atomic mass is 10.3. The second-order valence-electron chi connectivity index (χ2n) is 3.57.